The zero-order valence-electron chi connectivity index (χ0n) is 23.8. The molecule has 9 heteroatoms. The summed E-state index contributed by atoms with van der Waals surface area (Å²) in [5.74, 6) is -0.433. The summed E-state index contributed by atoms with van der Waals surface area (Å²) in [4.78, 5) is 36.9. The Morgan fingerprint density at radius 2 is 1.98 bits per heavy atom. The minimum Gasteiger partial charge on any atom is -0.367 e. The zero-order valence-corrected chi connectivity index (χ0v) is 23.8. The Kier molecular flexibility index (Phi) is 8.22. The van der Waals surface area contributed by atoms with Crippen LogP contribution in [0.4, 0.5) is 11.4 Å². The van der Waals surface area contributed by atoms with Crippen molar-refractivity contribution in [3.8, 4) is 6.07 Å². The zero-order chi connectivity index (χ0) is 29.1. The van der Waals surface area contributed by atoms with Crippen LogP contribution in [0.3, 0.4) is 0 Å². The van der Waals surface area contributed by atoms with Crippen LogP contribution >= 0.6 is 0 Å². The molecule has 3 aromatic rings. The molecular formula is C32H37N7O2. The number of anilines is 2. The van der Waals surface area contributed by atoms with Crippen molar-refractivity contribution in [2.45, 2.75) is 45.3 Å². The Labute approximate surface area is 241 Å². The maximum atomic E-state index is 13.3. The van der Waals surface area contributed by atoms with E-state index in [4.69, 9.17) is 10.7 Å². The highest BCUT2D eigenvalue weighted by Crippen LogP contribution is 2.36. The number of hydrogen-bond donors (Lipinski definition) is 2. The molecule has 3 N–H and O–H groups in total. The van der Waals surface area contributed by atoms with Crippen LogP contribution in [0.2, 0.25) is 0 Å². The van der Waals surface area contributed by atoms with Gasteiger partial charge in [-0.25, -0.2) is 4.98 Å². The molecule has 2 atom stereocenters. The van der Waals surface area contributed by atoms with Gasteiger partial charge in [0.25, 0.3) is 5.91 Å². The topological polar surface area (TPSA) is 119 Å². The Morgan fingerprint density at radius 3 is 2.71 bits per heavy atom. The number of nitriles is 1. The van der Waals surface area contributed by atoms with Crippen molar-refractivity contribution in [1.29, 1.82) is 5.26 Å². The first-order valence-electron chi connectivity index (χ1n) is 14.2. The first-order chi connectivity index (χ1) is 19.8. The maximum absolute atomic E-state index is 13.3. The molecule has 9 nitrogen and oxygen atoms in total. The van der Waals surface area contributed by atoms with Gasteiger partial charge in [0.05, 0.1) is 30.8 Å². The van der Waals surface area contributed by atoms with E-state index in [1.165, 1.54) is 22.4 Å². The van der Waals surface area contributed by atoms with Gasteiger partial charge in [0.15, 0.2) is 0 Å². The summed E-state index contributed by atoms with van der Waals surface area (Å²) in [6, 6.07) is 16.4. The molecule has 2 aliphatic rings. The third-order valence-electron chi connectivity index (χ3n) is 8.16. The lowest BCUT2D eigenvalue weighted by Crippen LogP contribution is -2.55. The van der Waals surface area contributed by atoms with E-state index in [0.717, 1.165) is 35.6 Å². The third kappa shape index (κ3) is 5.61. The Balaban J connectivity index is 1.54. The fourth-order valence-electron chi connectivity index (χ4n) is 6.01. The van der Waals surface area contributed by atoms with E-state index >= 15 is 0 Å². The average molecular weight is 552 g/mol. The number of pyridine rings is 1. The first-order valence-corrected chi connectivity index (χ1v) is 14.2. The van der Waals surface area contributed by atoms with Crippen molar-refractivity contribution in [3.63, 3.8) is 0 Å². The third-order valence-corrected chi connectivity index (χ3v) is 8.16. The summed E-state index contributed by atoms with van der Waals surface area (Å²) in [7, 11) is 0. The summed E-state index contributed by atoms with van der Waals surface area (Å²) in [6.07, 6.45) is 2.29. The van der Waals surface area contributed by atoms with Crippen molar-refractivity contribution in [1.82, 2.24) is 15.2 Å². The highest BCUT2D eigenvalue weighted by molar-refractivity contribution is 5.97. The molecule has 2 aromatic carbocycles. The molecule has 0 saturated carbocycles. The molecule has 2 aliphatic heterocycles. The van der Waals surface area contributed by atoms with Gasteiger partial charge in [-0.2, -0.15) is 5.26 Å². The normalized spacial score (nSPS) is 17.5. The minimum atomic E-state index is -0.267. The number of piperazine rings is 1. The summed E-state index contributed by atoms with van der Waals surface area (Å²) in [5.41, 5.74) is 11.4. The highest BCUT2D eigenvalue weighted by Gasteiger charge is 2.33. The second-order valence-corrected chi connectivity index (χ2v) is 10.9. The highest BCUT2D eigenvalue weighted by atomic mass is 16.2. The van der Waals surface area contributed by atoms with Gasteiger partial charge in [0.2, 0.25) is 5.91 Å². The number of rotatable bonds is 7. The van der Waals surface area contributed by atoms with Gasteiger partial charge >= 0.3 is 0 Å². The van der Waals surface area contributed by atoms with Gasteiger partial charge in [-0.1, -0.05) is 36.9 Å². The maximum Gasteiger partial charge on any atom is 0.270 e. The van der Waals surface area contributed by atoms with Gasteiger partial charge in [-0.15, -0.1) is 0 Å². The molecule has 212 valence electrons. The number of hydrogen-bond acceptors (Lipinski definition) is 7. The van der Waals surface area contributed by atoms with Crippen molar-refractivity contribution in [2.75, 3.05) is 42.5 Å². The van der Waals surface area contributed by atoms with Crippen LogP contribution in [0.25, 0.3) is 10.8 Å². The number of carbonyl (C=O) groups is 2. The molecule has 5 rings (SSSR count). The van der Waals surface area contributed by atoms with E-state index in [-0.39, 0.29) is 30.3 Å². The van der Waals surface area contributed by atoms with Crippen molar-refractivity contribution in [2.24, 2.45) is 5.73 Å². The summed E-state index contributed by atoms with van der Waals surface area (Å²) < 4.78 is 0. The number of aromatic nitrogens is 1. The lowest BCUT2D eigenvalue weighted by molar-refractivity contribution is -0.128. The Hall–Kier alpha value is -4.42. The summed E-state index contributed by atoms with van der Waals surface area (Å²) in [6.45, 7) is 10.9. The van der Waals surface area contributed by atoms with E-state index in [0.29, 0.717) is 38.4 Å². The minimum absolute atomic E-state index is 0.168. The van der Waals surface area contributed by atoms with Gasteiger partial charge in [-0.3, -0.25) is 9.59 Å². The van der Waals surface area contributed by atoms with E-state index in [1.807, 2.05) is 13.0 Å². The molecule has 1 unspecified atom stereocenters. The summed E-state index contributed by atoms with van der Waals surface area (Å²) in [5, 5.41) is 14.9. The van der Waals surface area contributed by atoms with Crippen molar-refractivity contribution >= 4 is 34.0 Å². The Bertz CT molecular complexity index is 1520. The molecule has 0 radical (unpaired) electrons. The number of fused-ring (bicyclic) bond motifs is 2. The van der Waals surface area contributed by atoms with Crippen molar-refractivity contribution < 1.29 is 9.59 Å². The van der Waals surface area contributed by atoms with Crippen LogP contribution in [0.5, 0.6) is 0 Å². The predicted molar refractivity (Wildman–Crippen MR) is 162 cm³/mol. The van der Waals surface area contributed by atoms with Gasteiger partial charge in [-0.05, 0) is 49.4 Å². The quantitative estimate of drug-likeness (QED) is 0.433. The van der Waals surface area contributed by atoms with E-state index in [9.17, 15) is 14.9 Å². The van der Waals surface area contributed by atoms with E-state index in [2.05, 4.69) is 71.1 Å². The van der Waals surface area contributed by atoms with E-state index < -0.39 is 0 Å². The van der Waals surface area contributed by atoms with Crippen LogP contribution < -0.4 is 20.9 Å². The fraction of sp³-hybridized carbons (Fsp3) is 0.375. The molecule has 1 fully saturated rings. The molecule has 3 heterocycles. The lowest BCUT2D eigenvalue weighted by Gasteiger charge is -2.43. The number of carbonyl (C=O) groups excluding carboxylic acids is 2. The van der Waals surface area contributed by atoms with Gasteiger partial charge in [0.1, 0.15) is 5.69 Å². The second-order valence-electron chi connectivity index (χ2n) is 10.9. The molecule has 41 heavy (non-hydrogen) atoms. The van der Waals surface area contributed by atoms with E-state index in [1.54, 1.807) is 4.90 Å². The standard InChI is InChI=1S/C32H37N7O2/c1-4-30(40)39-16-15-38(19-24(39)11-13-33)29-17-26(32(41)35-22(3)18-34)36-27-20-37(14-12-25(27)29)28-10-6-9-23-8-5-7-21(2)31(23)28/h4-10,17,22,24H,1,11-12,14-16,18-20,34H2,2-3H3,(H,35,41)/t22?,24-/m0/s1. The molecular weight excluding hydrogens is 514 g/mol. The average Bonchev–Trinajstić information content (AvgIpc) is 2.99. The predicted octanol–water partition coefficient (Wildman–Crippen LogP) is 3.30. The molecule has 1 saturated heterocycles. The van der Waals surface area contributed by atoms with Crippen LogP contribution in [-0.4, -0.2) is 66.5 Å². The molecule has 0 bridgehead atoms. The Morgan fingerprint density at radius 1 is 1.20 bits per heavy atom. The smallest absolute Gasteiger partial charge is 0.270 e. The van der Waals surface area contributed by atoms with Gasteiger partial charge < -0.3 is 25.8 Å². The SMILES string of the molecule is C=CC(=O)N1CCN(c2cc(C(=O)NC(C)CN)nc3c2CCN(c2cccc4cccc(C)c24)C3)C[C@@H]1CC#N. The lowest BCUT2D eigenvalue weighted by atomic mass is 9.97. The number of amides is 2. The van der Waals surface area contributed by atoms with Crippen molar-refractivity contribution in [3.05, 3.63) is 77.6 Å². The monoisotopic (exact) mass is 551 g/mol. The molecule has 0 aliphatic carbocycles. The fourth-order valence-corrected chi connectivity index (χ4v) is 6.01. The number of nitrogens with one attached hydrogen (secondary N) is 1. The number of benzene rings is 2. The van der Waals surface area contributed by atoms with Crippen LogP contribution in [0.1, 0.15) is 40.7 Å². The molecule has 2 amide bonds. The number of aryl methyl sites for hydroxylation is 1. The number of nitrogens with zero attached hydrogens (tertiary/aromatic N) is 5. The van der Waals surface area contributed by atoms with Crippen LogP contribution in [0, 0.1) is 18.3 Å². The summed E-state index contributed by atoms with van der Waals surface area (Å²) >= 11 is 0. The van der Waals surface area contributed by atoms with Crippen LogP contribution in [-0.2, 0) is 17.8 Å². The second kappa shape index (κ2) is 12.0. The molecule has 0 spiro atoms. The van der Waals surface area contributed by atoms with Crippen LogP contribution in [0.15, 0.2) is 55.1 Å². The van der Waals surface area contributed by atoms with Gasteiger partial charge in [0, 0.05) is 61.1 Å². The number of nitrogens with two attached hydrogens (primary N) is 1. The first kappa shape index (κ1) is 28.1. The largest absolute Gasteiger partial charge is 0.367 e. The molecule has 1 aromatic heterocycles.